The van der Waals surface area contributed by atoms with E-state index in [9.17, 15) is 13.2 Å². The fourth-order valence-electron chi connectivity index (χ4n) is 3.12. The van der Waals surface area contributed by atoms with E-state index in [-0.39, 0.29) is 22.5 Å². The number of methoxy groups -OCH3 is 1. The number of nitrogens with one attached hydrogen (secondary N) is 2. The van der Waals surface area contributed by atoms with Crippen LogP contribution in [0, 0.1) is 0 Å². The normalized spacial score (nSPS) is 12.9. The number of sulfonamides is 1. The van der Waals surface area contributed by atoms with Gasteiger partial charge in [-0.15, -0.1) is 0 Å². The summed E-state index contributed by atoms with van der Waals surface area (Å²) in [6, 6.07) is 14.8. The Morgan fingerprint density at radius 2 is 1.76 bits per heavy atom. The summed E-state index contributed by atoms with van der Waals surface area (Å²) in [6.07, 6.45) is 1.40. The molecule has 0 fully saturated rings. The van der Waals surface area contributed by atoms with Crippen molar-refractivity contribution in [1.29, 1.82) is 0 Å². The number of hydrogen-bond donors (Lipinski definition) is 2. The van der Waals surface area contributed by atoms with Gasteiger partial charge in [0.05, 0.1) is 12.0 Å². The van der Waals surface area contributed by atoms with Crippen molar-refractivity contribution < 1.29 is 22.7 Å². The highest BCUT2D eigenvalue weighted by molar-refractivity contribution is 7.92. The van der Waals surface area contributed by atoms with Gasteiger partial charge in [0.15, 0.2) is 6.10 Å². The van der Waals surface area contributed by atoms with Crippen LogP contribution in [0.15, 0.2) is 65.8 Å². The number of aromatic nitrogens is 2. The number of rotatable bonds is 10. The van der Waals surface area contributed by atoms with E-state index in [2.05, 4.69) is 33.9 Å². The zero-order valence-electron chi connectivity index (χ0n) is 19.5. The van der Waals surface area contributed by atoms with Crippen LogP contribution in [-0.2, 0) is 14.8 Å². The van der Waals surface area contributed by atoms with E-state index < -0.39 is 16.1 Å². The molecule has 2 N–H and O–H groups in total. The highest BCUT2D eigenvalue weighted by Gasteiger charge is 2.19. The van der Waals surface area contributed by atoms with E-state index >= 15 is 0 Å². The minimum atomic E-state index is -3.89. The van der Waals surface area contributed by atoms with Gasteiger partial charge in [0.25, 0.3) is 15.9 Å². The van der Waals surface area contributed by atoms with Gasteiger partial charge >= 0.3 is 0 Å². The molecule has 1 heterocycles. The fraction of sp³-hybridized carbons (Fsp3) is 0.292. The fourth-order valence-corrected chi connectivity index (χ4v) is 4.12. The molecule has 2 aromatic carbocycles. The molecule has 180 valence electrons. The molecular weight excluding hydrogens is 456 g/mol. The van der Waals surface area contributed by atoms with E-state index in [1.165, 1.54) is 43.8 Å². The van der Waals surface area contributed by atoms with E-state index in [0.717, 1.165) is 12.0 Å². The Morgan fingerprint density at radius 1 is 1.06 bits per heavy atom. The van der Waals surface area contributed by atoms with Gasteiger partial charge in [-0.2, -0.15) is 0 Å². The molecule has 3 rings (SSSR count). The molecule has 0 saturated carbocycles. The van der Waals surface area contributed by atoms with Crippen molar-refractivity contribution in [3.05, 3.63) is 66.5 Å². The van der Waals surface area contributed by atoms with Gasteiger partial charge in [-0.25, -0.2) is 18.4 Å². The van der Waals surface area contributed by atoms with Gasteiger partial charge in [-0.1, -0.05) is 32.0 Å². The minimum absolute atomic E-state index is 0.00913. The molecular formula is C24H28N4O5S. The summed E-state index contributed by atoms with van der Waals surface area (Å²) >= 11 is 0. The van der Waals surface area contributed by atoms with Crippen LogP contribution in [0.5, 0.6) is 11.6 Å². The second-order valence-electron chi connectivity index (χ2n) is 7.67. The third kappa shape index (κ3) is 6.22. The van der Waals surface area contributed by atoms with Crippen LogP contribution in [0.3, 0.4) is 0 Å². The Hall–Kier alpha value is -3.66. The molecule has 0 saturated heterocycles. The average Bonchev–Trinajstić information content (AvgIpc) is 2.84. The number of para-hydroxylation sites is 1. The maximum Gasteiger partial charge on any atom is 0.265 e. The zero-order valence-corrected chi connectivity index (χ0v) is 20.3. The maximum atomic E-state index is 12.7. The number of amides is 1. The van der Waals surface area contributed by atoms with Crippen molar-refractivity contribution in [2.75, 3.05) is 17.1 Å². The number of ether oxygens (including phenoxy) is 2. The molecule has 10 heteroatoms. The van der Waals surface area contributed by atoms with Gasteiger partial charge in [0, 0.05) is 11.8 Å². The summed E-state index contributed by atoms with van der Waals surface area (Å²) in [7, 11) is -2.47. The summed E-state index contributed by atoms with van der Waals surface area (Å²) in [5, 5.41) is 2.75. The summed E-state index contributed by atoms with van der Waals surface area (Å²) in [4.78, 5) is 20.4. The molecule has 0 radical (unpaired) electrons. The van der Waals surface area contributed by atoms with Gasteiger partial charge in [-0.05, 0) is 55.2 Å². The molecule has 0 spiro atoms. The van der Waals surface area contributed by atoms with Crippen LogP contribution < -0.4 is 19.5 Å². The molecule has 2 atom stereocenters. The Labute approximate surface area is 199 Å². The Morgan fingerprint density at radius 3 is 2.44 bits per heavy atom. The SMILES string of the molecule is CCC(C)c1ccccc1OC(C)C(=O)Nc1ccc(S(=O)(=O)Nc2cc(OC)ncn2)cc1. The molecule has 9 nitrogen and oxygen atoms in total. The molecule has 34 heavy (non-hydrogen) atoms. The lowest BCUT2D eigenvalue weighted by Gasteiger charge is -2.19. The van der Waals surface area contributed by atoms with Crippen molar-refractivity contribution >= 4 is 27.4 Å². The first-order chi connectivity index (χ1) is 16.2. The standard InChI is InChI=1S/C24H28N4O5S/c1-5-16(2)20-8-6-7-9-21(20)33-17(3)24(29)27-18-10-12-19(13-11-18)34(30,31)28-22-14-23(32-4)26-15-25-22/h6-17H,5H2,1-4H3,(H,27,29)(H,25,26,28). The molecule has 0 aliphatic carbocycles. The van der Waals surface area contributed by atoms with Gasteiger partial charge < -0.3 is 14.8 Å². The quantitative estimate of drug-likeness (QED) is 0.442. The molecule has 3 aromatic rings. The molecule has 0 bridgehead atoms. The summed E-state index contributed by atoms with van der Waals surface area (Å²) in [5.74, 6) is 0.939. The number of anilines is 2. The van der Waals surface area contributed by atoms with Crippen LogP contribution in [0.25, 0.3) is 0 Å². The lowest BCUT2D eigenvalue weighted by atomic mass is 9.98. The van der Waals surface area contributed by atoms with Gasteiger partial charge in [-0.3, -0.25) is 9.52 Å². The number of hydrogen-bond acceptors (Lipinski definition) is 7. The predicted molar refractivity (Wildman–Crippen MR) is 130 cm³/mol. The first kappa shape index (κ1) is 25.0. The second-order valence-corrected chi connectivity index (χ2v) is 9.35. The zero-order chi connectivity index (χ0) is 24.7. The molecule has 2 unspecified atom stereocenters. The van der Waals surface area contributed by atoms with Crippen LogP contribution >= 0.6 is 0 Å². The average molecular weight is 485 g/mol. The molecule has 0 aliphatic heterocycles. The summed E-state index contributed by atoms with van der Waals surface area (Å²) in [5.41, 5.74) is 1.49. The number of benzene rings is 2. The van der Waals surface area contributed by atoms with Crippen molar-refractivity contribution in [3.63, 3.8) is 0 Å². The Balaban J connectivity index is 1.65. The molecule has 1 aromatic heterocycles. The molecule has 0 aliphatic rings. The summed E-state index contributed by atoms with van der Waals surface area (Å²) in [6.45, 7) is 5.88. The van der Waals surface area contributed by atoms with Crippen molar-refractivity contribution in [3.8, 4) is 11.6 Å². The first-order valence-corrected chi connectivity index (χ1v) is 12.3. The van der Waals surface area contributed by atoms with Crippen molar-refractivity contribution in [2.45, 2.75) is 44.1 Å². The van der Waals surface area contributed by atoms with E-state index in [1.54, 1.807) is 6.92 Å². The number of nitrogens with zero attached hydrogens (tertiary/aromatic N) is 2. The van der Waals surface area contributed by atoms with Crippen molar-refractivity contribution in [1.82, 2.24) is 9.97 Å². The van der Waals surface area contributed by atoms with E-state index in [4.69, 9.17) is 9.47 Å². The van der Waals surface area contributed by atoms with E-state index in [0.29, 0.717) is 17.4 Å². The van der Waals surface area contributed by atoms with Gasteiger partial charge in [0.1, 0.15) is 17.9 Å². The number of carbonyl (C=O) groups excluding carboxylic acids is 1. The second kappa shape index (κ2) is 11.0. The first-order valence-electron chi connectivity index (χ1n) is 10.8. The topological polar surface area (TPSA) is 120 Å². The third-order valence-corrected chi connectivity index (χ3v) is 6.63. The van der Waals surface area contributed by atoms with E-state index in [1.807, 2.05) is 24.3 Å². The van der Waals surface area contributed by atoms with Crippen LogP contribution in [0.2, 0.25) is 0 Å². The highest BCUT2D eigenvalue weighted by atomic mass is 32.2. The summed E-state index contributed by atoms with van der Waals surface area (Å²) < 4.78 is 38.5. The Kier molecular flexibility index (Phi) is 8.06. The van der Waals surface area contributed by atoms with Gasteiger partial charge in [0.2, 0.25) is 5.88 Å². The smallest absolute Gasteiger partial charge is 0.265 e. The monoisotopic (exact) mass is 484 g/mol. The van der Waals surface area contributed by atoms with Crippen LogP contribution in [0.1, 0.15) is 38.7 Å². The van der Waals surface area contributed by atoms with Crippen LogP contribution in [0.4, 0.5) is 11.5 Å². The van der Waals surface area contributed by atoms with Crippen molar-refractivity contribution in [2.24, 2.45) is 0 Å². The minimum Gasteiger partial charge on any atom is -0.481 e. The molecule has 1 amide bonds. The maximum absolute atomic E-state index is 12.7. The third-order valence-electron chi connectivity index (χ3n) is 5.26. The lowest BCUT2D eigenvalue weighted by molar-refractivity contribution is -0.122. The lowest BCUT2D eigenvalue weighted by Crippen LogP contribution is -2.30. The number of carbonyl (C=O) groups is 1. The largest absolute Gasteiger partial charge is 0.481 e. The highest BCUT2D eigenvalue weighted by Crippen LogP contribution is 2.29. The Bertz CT molecular complexity index is 1230. The van der Waals surface area contributed by atoms with Crippen LogP contribution in [-0.4, -0.2) is 37.5 Å². The predicted octanol–water partition coefficient (Wildman–Crippen LogP) is 4.21.